The maximum absolute atomic E-state index is 11.9. The normalized spacial score (nSPS) is 13.7. The zero-order valence-electron chi connectivity index (χ0n) is 19.6. The Hall–Kier alpha value is -3.71. The van der Waals surface area contributed by atoms with Gasteiger partial charge >= 0.3 is 5.69 Å². The van der Waals surface area contributed by atoms with Crippen LogP contribution in [0.1, 0.15) is 24.5 Å². The highest BCUT2D eigenvalue weighted by atomic mass is 16.6. The van der Waals surface area contributed by atoms with E-state index in [4.69, 9.17) is 14.5 Å². The molecular formula is C27H27N3O4. The van der Waals surface area contributed by atoms with Gasteiger partial charge in [-0.05, 0) is 53.4 Å². The smallest absolute Gasteiger partial charge is 0.315 e. The van der Waals surface area contributed by atoms with E-state index in [-0.39, 0.29) is 11.4 Å². The van der Waals surface area contributed by atoms with E-state index in [1.807, 2.05) is 6.07 Å². The number of aromatic nitrogens is 1. The van der Waals surface area contributed by atoms with Gasteiger partial charge in [-0.1, -0.05) is 37.3 Å². The minimum Gasteiger partial charge on any atom is -0.493 e. The molecule has 34 heavy (non-hydrogen) atoms. The van der Waals surface area contributed by atoms with E-state index in [1.165, 1.54) is 35.9 Å². The van der Waals surface area contributed by atoms with E-state index in [0.717, 1.165) is 49.2 Å². The van der Waals surface area contributed by atoms with E-state index >= 15 is 0 Å². The first-order valence-corrected chi connectivity index (χ1v) is 11.5. The molecule has 0 spiro atoms. The number of nitrogens with zero attached hydrogens (tertiary/aromatic N) is 3. The number of hydrogen-bond acceptors (Lipinski definition) is 6. The first-order chi connectivity index (χ1) is 16.5. The number of rotatable bonds is 6. The highest BCUT2D eigenvalue weighted by molar-refractivity contribution is 6.09. The molecule has 0 fully saturated rings. The summed E-state index contributed by atoms with van der Waals surface area (Å²) in [6.45, 7) is 4.92. The van der Waals surface area contributed by atoms with Crippen LogP contribution >= 0.6 is 0 Å². The lowest BCUT2D eigenvalue weighted by atomic mass is 9.89. The molecule has 0 unspecified atom stereocenters. The van der Waals surface area contributed by atoms with E-state index in [2.05, 4.69) is 42.2 Å². The Balaban J connectivity index is 1.83. The molecule has 0 atom stereocenters. The summed E-state index contributed by atoms with van der Waals surface area (Å²) in [5.41, 5.74) is 4.60. The van der Waals surface area contributed by atoms with Crippen molar-refractivity contribution >= 4 is 27.4 Å². The van der Waals surface area contributed by atoms with Crippen molar-refractivity contribution in [1.82, 2.24) is 9.88 Å². The second kappa shape index (κ2) is 8.91. The largest absolute Gasteiger partial charge is 0.493 e. The van der Waals surface area contributed by atoms with E-state index in [9.17, 15) is 10.1 Å². The highest BCUT2D eigenvalue weighted by Gasteiger charge is 2.27. The molecule has 3 aromatic carbocycles. The van der Waals surface area contributed by atoms with Crippen molar-refractivity contribution in [1.29, 1.82) is 0 Å². The summed E-state index contributed by atoms with van der Waals surface area (Å²) in [6, 6.07) is 15.9. The number of ether oxygens (including phenoxy) is 2. The summed E-state index contributed by atoms with van der Waals surface area (Å²) in [7, 11) is 2.90. The van der Waals surface area contributed by atoms with Crippen molar-refractivity contribution in [2.45, 2.75) is 26.3 Å². The Bertz CT molecular complexity index is 1420. The molecule has 0 saturated carbocycles. The summed E-state index contributed by atoms with van der Waals surface area (Å²) in [5, 5.41) is 15.4. The second-order valence-electron chi connectivity index (χ2n) is 8.61. The quantitative estimate of drug-likeness (QED) is 0.208. The van der Waals surface area contributed by atoms with Crippen LogP contribution in [0, 0.1) is 10.1 Å². The zero-order valence-corrected chi connectivity index (χ0v) is 19.6. The van der Waals surface area contributed by atoms with E-state index < -0.39 is 4.92 Å². The zero-order chi connectivity index (χ0) is 23.8. The van der Waals surface area contributed by atoms with Crippen molar-refractivity contribution in [2.24, 2.45) is 0 Å². The molecule has 1 aliphatic heterocycles. The van der Waals surface area contributed by atoms with Gasteiger partial charge in [0.2, 0.25) is 5.75 Å². The van der Waals surface area contributed by atoms with Crippen molar-refractivity contribution in [3.8, 4) is 22.8 Å². The topological polar surface area (TPSA) is 77.7 Å². The summed E-state index contributed by atoms with van der Waals surface area (Å²) in [6.07, 6.45) is 1.97. The van der Waals surface area contributed by atoms with E-state index in [1.54, 1.807) is 12.1 Å². The molecule has 174 valence electrons. The van der Waals surface area contributed by atoms with Gasteiger partial charge in [-0.3, -0.25) is 15.0 Å². The van der Waals surface area contributed by atoms with Crippen LogP contribution in [0.2, 0.25) is 0 Å². The SMILES string of the molecule is CCCN1CCc2c(c(-c3cc(OC)c(OC)c([N+](=O)[O-])c3)nc3ccc4ccccc4c23)C1. The van der Waals surface area contributed by atoms with E-state index in [0.29, 0.717) is 11.3 Å². The van der Waals surface area contributed by atoms with Gasteiger partial charge in [-0.25, -0.2) is 4.98 Å². The predicted octanol–water partition coefficient (Wildman–Crippen LogP) is 5.75. The minimum absolute atomic E-state index is 0.115. The Morgan fingerprint density at radius 2 is 1.91 bits per heavy atom. The molecule has 0 aliphatic carbocycles. The standard InChI is InChI=1S/C27H27N3O4/c1-4-12-29-13-11-20-21(16-29)26(18-14-23(30(31)32)27(34-3)24(15-18)33-2)28-22-10-9-17-7-5-6-8-19(17)25(20)22/h5-10,14-15H,4,11-13,16H2,1-3H3. The summed E-state index contributed by atoms with van der Waals surface area (Å²) >= 11 is 0. The second-order valence-corrected chi connectivity index (χ2v) is 8.61. The highest BCUT2D eigenvalue weighted by Crippen LogP contribution is 2.43. The van der Waals surface area contributed by atoms with Gasteiger partial charge in [0.1, 0.15) is 0 Å². The van der Waals surface area contributed by atoms with Gasteiger partial charge in [-0.2, -0.15) is 0 Å². The van der Waals surface area contributed by atoms with Crippen LogP contribution in [0.15, 0.2) is 48.5 Å². The Kier molecular flexibility index (Phi) is 5.79. The van der Waals surface area contributed by atoms with Gasteiger partial charge < -0.3 is 9.47 Å². The lowest BCUT2D eigenvalue weighted by Crippen LogP contribution is -2.32. The van der Waals surface area contributed by atoms with Crippen molar-refractivity contribution in [3.05, 3.63) is 69.8 Å². The van der Waals surface area contributed by atoms with Gasteiger partial charge in [-0.15, -0.1) is 0 Å². The average molecular weight is 458 g/mol. The van der Waals surface area contributed by atoms with Gasteiger partial charge in [0, 0.05) is 30.1 Å². The number of hydrogen-bond donors (Lipinski definition) is 0. The van der Waals surface area contributed by atoms with Gasteiger partial charge in [0.15, 0.2) is 5.75 Å². The average Bonchev–Trinajstić information content (AvgIpc) is 2.87. The fourth-order valence-electron chi connectivity index (χ4n) is 5.13. The fraction of sp³-hybridized carbons (Fsp3) is 0.296. The Labute approximate surface area is 198 Å². The molecule has 4 aromatic rings. The Morgan fingerprint density at radius 1 is 1.09 bits per heavy atom. The molecule has 7 nitrogen and oxygen atoms in total. The lowest BCUT2D eigenvalue weighted by molar-refractivity contribution is -0.385. The lowest BCUT2D eigenvalue weighted by Gasteiger charge is -2.31. The summed E-state index contributed by atoms with van der Waals surface area (Å²) in [5.74, 6) is 0.437. The molecule has 0 radical (unpaired) electrons. The number of pyridine rings is 1. The van der Waals surface area contributed by atoms with Crippen LogP contribution in [0.25, 0.3) is 32.9 Å². The number of fused-ring (bicyclic) bond motifs is 5. The molecular weight excluding hydrogens is 430 g/mol. The van der Waals surface area contributed by atoms with Crippen LogP contribution < -0.4 is 9.47 Å². The minimum atomic E-state index is -0.435. The molecule has 0 saturated heterocycles. The first kappa shape index (κ1) is 22.1. The predicted molar refractivity (Wildman–Crippen MR) is 134 cm³/mol. The number of methoxy groups -OCH3 is 2. The number of benzene rings is 3. The monoisotopic (exact) mass is 457 g/mol. The third-order valence-corrected chi connectivity index (χ3v) is 6.62. The molecule has 7 heteroatoms. The number of nitro benzene ring substituents is 1. The van der Waals surface area contributed by atoms with Crippen LogP contribution in [0.3, 0.4) is 0 Å². The first-order valence-electron chi connectivity index (χ1n) is 11.5. The molecule has 2 heterocycles. The molecule has 5 rings (SSSR count). The fourth-order valence-corrected chi connectivity index (χ4v) is 5.13. The van der Waals surface area contributed by atoms with Crippen molar-refractivity contribution in [3.63, 3.8) is 0 Å². The third-order valence-electron chi connectivity index (χ3n) is 6.62. The van der Waals surface area contributed by atoms with Gasteiger partial charge in [0.05, 0.1) is 30.4 Å². The molecule has 1 aromatic heterocycles. The Morgan fingerprint density at radius 3 is 2.65 bits per heavy atom. The molecule has 0 N–H and O–H groups in total. The van der Waals surface area contributed by atoms with Crippen LogP contribution in [-0.4, -0.2) is 42.1 Å². The summed E-state index contributed by atoms with van der Waals surface area (Å²) in [4.78, 5) is 18.9. The van der Waals surface area contributed by atoms with Crippen molar-refractivity contribution < 1.29 is 14.4 Å². The maximum Gasteiger partial charge on any atom is 0.315 e. The number of nitro groups is 1. The summed E-state index contributed by atoms with van der Waals surface area (Å²) < 4.78 is 10.8. The van der Waals surface area contributed by atoms with Crippen LogP contribution in [0.5, 0.6) is 11.5 Å². The van der Waals surface area contributed by atoms with Crippen LogP contribution in [0.4, 0.5) is 5.69 Å². The van der Waals surface area contributed by atoms with Crippen molar-refractivity contribution in [2.75, 3.05) is 27.3 Å². The van der Waals surface area contributed by atoms with Crippen LogP contribution in [-0.2, 0) is 13.0 Å². The molecule has 0 amide bonds. The molecule has 0 bridgehead atoms. The van der Waals surface area contributed by atoms with Gasteiger partial charge in [0.25, 0.3) is 0 Å². The molecule has 1 aliphatic rings. The maximum atomic E-state index is 11.9. The third kappa shape index (κ3) is 3.62.